The van der Waals surface area contributed by atoms with Crippen LogP contribution in [0.5, 0.6) is 0 Å². The van der Waals surface area contributed by atoms with Gasteiger partial charge in [0.1, 0.15) is 15.8 Å². The number of thioether (sulfide) groups is 1. The van der Waals surface area contributed by atoms with E-state index in [1.54, 1.807) is 35.2 Å². The predicted molar refractivity (Wildman–Crippen MR) is 106 cm³/mol. The Kier molecular flexibility index (Phi) is 5.10. The van der Waals surface area contributed by atoms with Crippen molar-refractivity contribution in [3.8, 4) is 0 Å². The molecule has 0 spiro atoms. The maximum atomic E-state index is 13.4. The van der Waals surface area contributed by atoms with Gasteiger partial charge in [-0.1, -0.05) is 11.8 Å². The van der Waals surface area contributed by atoms with Crippen molar-refractivity contribution in [1.82, 2.24) is 9.55 Å². The largest absolute Gasteiger partial charge is 0.468 e. The minimum Gasteiger partial charge on any atom is -0.468 e. The quantitative estimate of drug-likeness (QED) is 0.367. The minimum absolute atomic E-state index is 0.0598. The number of furan rings is 1. The van der Waals surface area contributed by atoms with Gasteiger partial charge in [0.2, 0.25) is 0 Å². The van der Waals surface area contributed by atoms with Gasteiger partial charge in [-0.2, -0.15) is 0 Å². The number of thiophene rings is 1. The second-order valence-corrected chi connectivity index (χ2v) is 8.93. The van der Waals surface area contributed by atoms with E-state index in [0.717, 1.165) is 41.5 Å². The van der Waals surface area contributed by atoms with Gasteiger partial charge in [-0.3, -0.25) is 14.2 Å². The summed E-state index contributed by atoms with van der Waals surface area (Å²) in [5, 5.41) is 0.786. The van der Waals surface area contributed by atoms with Crippen molar-refractivity contribution in [3.63, 3.8) is 0 Å². The van der Waals surface area contributed by atoms with Crippen LogP contribution in [-0.4, -0.2) is 27.9 Å². The zero-order valence-electron chi connectivity index (χ0n) is 15.2. The number of ether oxygens (including phenoxy) is 1. The number of methoxy groups -OCH3 is 1. The molecule has 0 aromatic carbocycles. The van der Waals surface area contributed by atoms with E-state index in [4.69, 9.17) is 14.1 Å². The van der Waals surface area contributed by atoms with Crippen LogP contribution in [0.3, 0.4) is 0 Å². The van der Waals surface area contributed by atoms with Crippen LogP contribution in [0.2, 0.25) is 0 Å². The second-order valence-electron chi connectivity index (χ2n) is 6.54. The molecule has 8 heteroatoms. The third-order valence-corrected chi connectivity index (χ3v) is 7.00. The third kappa shape index (κ3) is 3.43. The first kappa shape index (κ1) is 18.3. The lowest BCUT2D eigenvalue weighted by Crippen LogP contribution is -2.26. The molecule has 0 saturated carbocycles. The fraction of sp³-hybridized carbons (Fsp3) is 0.421. The first-order valence-corrected chi connectivity index (χ1v) is 10.6. The minimum atomic E-state index is -0.461. The average molecular weight is 405 g/mol. The van der Waals surface area contributed by atoms with Crippen LogP contribution in [0, 0.1) is 0 Å². The molecule has 3 heterocycles. The van der Waals surface area contributed by atoms with Crippen molar-refractivity contribution >= 4 is 39.3 Å². The Bertz CT molecular complexity index is 1040. The van der Waals surface area contributed by atoms with E-state index in [1.807, 2.05) is 6.07 Å². The molecule has 1 atom stereocenters. The fourth-order valence-electron chi connectivity index (χ4n) is 3.38. The molecule has 0 aliphatic heterocycles. The molecule has 0 bridgehead atoms. The Balaban J connectivity index is 1.86. The topological polar surface area (TPSA) is 74.3 Å². The molecule has 4 rings (SSSR count). The molecule has 27 heavy (non-hydrogen) atoms. The van der Waals surface area contributed by atoms with Gasteiger partial charge in [-0.15, -0.1) is 11.3 Å². The third-order valence-electron chi connectivity index (χ3n) is 4.75. The molecule has 3 aromatic rings. The summed E-state index contributed by atoms with van der Waals surface area (Å²) in [6, 6.07) is 3.63. The smallest absolute Gasteiger partial charge is 0.318 e. The Hall–Kier alpha value is -2.06. The Morgan fingerprint density at radius 2 is 2.26 bits per heavy atom. The summed E-state index contributed by atoms with van der Waals surface area (Å²) >= 11 is 2.85. The monoisotopic (exact) mass is 404 g/mol. The first-order chi connectivity index (χ1) is 13.1. The van der Waals surface area contributed by atoms with Gasteiger partial charge < -0.3 is 9.15 Å². The van der Waals surface area contributed by atoms with Crippen molar-refractivity contribution in [3.05, 3.63) is 45.0 Å². The Morgan fingerprint density at radius 1 is 1.44 bits per heavy atom. The van der Waals surface area contributed by atoms with Gasteiger partial charge in [-0.05, 0) is 50.3 Å². The van der Waals surface area contributed by atoms with Crippen molar-refractivity contribution in [1.29, 1.82) is 0 Å². The van der Waals surface area contributed by atoms with E-state index < -0.39 is 5.25 Å². The SMILES string of the molecule is COC(=O)[C@@H](C)Sc1nc2sc3c(c2c(=O)n1Cc1ccco1)CCCC3. The molecule has 0 saturated heterocycles. The lowest BCUT2D eigenvalue weighted by molar-refractivity contribution is -0.139. The number of esters is 1. The summed E-state index contributed by atoms with van der Waals surface area (Å²) in [4.78, 5) is 32.1. The highest BCUT2D eigenvalue weighted by Crippen LogP contribution is 2.35. The van der Waals surface area contributed by atoms with Crippen molar-refractivity contribution in [2.24, 2.45) is 0 Å². The zero-order chi connectivity index (χ0) is 19.0. The Morgan fingerprint density at radius 3 is 3.00 bits per heavy atom. The van der Waals surface area contributed by atoms with Crippen molar-refractivity contribution in [2.45, 2.75) is 49.6 Å². The van der Waals surface area contributed by atoms with Crippen LogP contribution in [0.25, 0.3) is 10.2 Å². The number of fused-ring (bicyclic) bond motifs is 3. The first-order valence-electron chi connectivity index (χ1n) is 8.90. The molecule has 0 radical (unpaired) electrons. The summed E-state index contributed by atoms with van der Waals surface area (Å²) in [6.45, 7) is 2.04. The molecule has 6 nitrogen and oxygen atoms in total. The van der Waals surface area contributed by atoms with E-state index >= 15 is 0 Å². The van der Waals surface area contributed by atoms with Crippen LogP contribution < -0.4 is 5.56 Å². The number of aryl methyl sites for hydroxylation is 2. The number of hydrogen-bond donors (Lipinski definition) is 0. The number of aromatic nitrogens is 2. The lowest BCUT2D eigenvalue weighted by atomic mass is 9.97. The van der Waals surface area contributed by atoms with Crippen LogP contribution in [0.1, 0.15) is 36.0 Å². The summed E-state index contributed by atoms with van der Waals surface area (Å²) in [5.41, 5.74) is 1.10. The Labute approximate surface area is 164 Å². The zero-order valence-corrected chi connectivity index (χ0v) is 16.8. The molecule has 3 aromatic heterocycles. The summed E-state index contributed by atoms with van der Waals surface area (Å²) < 4.78 is 11.9. The molecule has 1 aliphatic rings. The molecule has 0 N–H and O–H groups in total. The van der Waals surface area contributed by atoms with E-state index in [2.05, 4.69) is 0 Å². The van der Waals surface area contributed by atoms with E-state index in [0.29, 0.717) is 10.9 Å². The van der Waals surface area contributed by atoms with Gasteiger partial charge in [0.25, 0.3) is 5.56 Å². The van der Waals surface area contributed by atoms with Gasteiger partial charge >= 0.3 is 5.97 Å². The number of nitrogens with zero attached hydrogens (tertiary/aromatic N) is 2. The number of rotatable bonds is 5. The average Bonchev–Trinajstić information content (AvgIpc) is 3.31. The number of hydrogen-bond acceptors (Lipinski definition) is 7. The summed E-state index contributed by atoms with van der Waals surface area (Å²) in [6.07, 6.45) is 5.78. The van der Waals surface area contributed by atoms with Crippen molar-refractivity contribution in [2.75, 3.05) is 7.11 Å². The molecule has 1 aliphatic carbocycles. The van der Waals surface area contributed by atoms with Gasteiger partial charge in [0.15, 0.2) is 5.16 Å². The normalized spacial score (nSPS) is 14.9. The maximum Gasteiger partial charge on any atom is 0.318 e. The highest BCUT2D eigenvalue weighted by Gasteiger charge is 2.25. The standard InChI is InChI=1S/C19H20N2O4S2/c1-11(18(23)24-2)26-19-20-16-15(13-7-3-4-8-14(13)27-16)17(22)21(19)10-12-6-5-9-25-12/h5-6,9,11H,3-4,7-8,10H2,1-2H3/t11-/m1/s1. The predicted octanol–water partition coefficient (Wildman–Crippen LogP) is 3.63. The molecule has 0 fully saturated rings. The van der Waals surface area contributed by atoms with Crippen LogP contribution >= 0.6 is 23.1 Å². The molecular formula is C19H20N2O4S2. The lowest BCUT2D eigenvalue weighted by Gasteiger charge is -2.14. The number of carbonyl (C=O) groups is 1. The van der Waals surface area contributed by atoms with Gasteiger partial charge in [0.05, 0.1) is 25.3 Å². The maximum absolute atomic E-state index is 13.4. The van der Waals surface area contributed by atoms with Gasteiger partial charge in [0, 0.05) is 4.88 Å². The van der Waals surface area contributed by atoms with Gasteiger partial charge in [-0.25, -0.2) is 4.98 Å². The summed E-state index contributed by atoms with van der Waals surface area (Å²) in [7, 11) is 1.36. The van der Waals surface area contributed by atoms with Crippen LogP contribution in [0.15, 0.2) is 32.8 Å². The molecule has 0 amide bonds. The van der Waals surface area contributed by atoms with E-state index in [9.17, 15) is 9.59 Å². The summed E-state index contributed by atoms with van der Waals surface area (Å²) in [5.74, 6) is 0.333. The van der Waals surface area contributed by atoms with Crippen LogP contribution in [0.4, 0.5) is 0 Å². The number of carbonyl (C=O) groups excluding carboxylic acids is 1. The molecule has 142 valence electrons. The van der Waals surface area contributed by atoms with E-state index in [-0.39, 0.29) is 18.1 Å². The van der Waals surface area contributed by atoms with Crippen LogP contribution in [-0.2, 0) is 28.9 Å². The van der Waals surface area contributed by atoms with E-state index in [1.165, 1.54) is 23.7 Å². The van der Waals surface area contributed by atoms with Crippen molar-refractivity contribution < 1.29 is 13.9 Å². The highest BCUT2D eigenvalue weighted by atomic mass is 32.2. The molecular weight excluding hydrogens is 384 g/mol. The highest BCUT2D eigenvalue weighted by molar-refractivity contribution is 8.00. The fourth-order valence-corrected chi connectivity index (χ4v) is 5.62. The molecule has 0 unspecified atom stereocenters. The second kappa shape index (κ2) is 7.52.